The number of aryl methyl sites for hydroxylation is 1. The first-order valence-corrected chi connectivity index (χ1v) is 8.97. The van der Waals surface area contributed by atoms with E-state index in [1.165, 1.54) is 0 Å². The third-order valence-electron chi connectivity index (χ3n) is 5.77. The Morgan fingerprint density at radius 1 is 1.38 bits per heavy atom. The van der Waals surface area contributed by atoms with Gasteiger partial charge in [-0.25, -0.2) is 0 Å². The standard InChI is InChI=1S/C18H18ClN5O2/c1-24-8-9(6-21-24)17(25)22-16-11-4-18(26,5-12(11)16)14-2-10(19)3-15-13(14)7-20-23-15/h2-3,6-8,11-12,16,26H,4-5H2,1H3,(H,20,23)(H,22,25)/t11-,12+,16+,18-. The molecule has 0 bridgehead atoms. The lowest BCUT2D eigenvalue weighted by molar-refractivity contribution is 0.0293. The van der Waals surface area contributed by atoms with E-state index in [9.17, 15) is 9.90 Å². The zero-order valence-electron chi connectivity index (χ0n) is 14.1. The van der Waals surface area contributed by atoms with Crippen molar-refractivity contribution in [3.05, 3.63) is 46.9 Å². The van der Waals surface area contributed by atoms with Crippen LogP contribution in [0.15, 0.2) is 30.7 Å². The quantitative estimate of drug-likeness (QED) is 0.656. The number of nitrogens with zero attached hydrogens (tertiary/aromatic N) is 3. The summed E-state index contributed by atoms with van der Waals surface area (Å²) in [7, 11) is 1.78. The predicted molar refractivity (Wildman–Crippen MR) is 95.7 cm³/mol. The van der Waals surface area contributed by atoms with Crippen molar-refractivity contribution in [2.75, 3.05) is 0 Å². The van der Waals surface area contributed by atoms with E-state index in [4.69, 9.17) is 11.6 Å². The van der Waals surface area contributed by atoms with Crippen molar-refractivity contribution in [1.29, 1.82) is 0 Å². The number of aromatic nitrogens is 4. The lowest BCUT2D eigenvalue weighted by Gasteiger charge is -2.27. The van der Waals surface area contributed by atoms with E-state index >= 15 is 0 Å². The molecule has 0 radical (unpaired) electrons. The molecule has 0 unspecified atom stereocenters. The van der Waals surface area contributed by atoms with Gasteiger partial charge in [0.05, 0.1) is 29.1 Å². The van der Waals surface area contributed by atoms with Gasteiger partial charge in [0.2, 0.25) is 0 Å². The van der Waals surface area contributed by atoms with Gasteiger partial charge in [0.1, 0.15) is 0 Å². The third kappa shape index (κ3) is 2.34. The van der Waals surface area contributed by atoms with Gasteiger partial charge in [-0.3, -0.25) is 14.6 Å². The zero-order chi connectivity index (χ0) is 18.1. The Morgan fingerprint density at radius 2 is 2.15 bits per heavy atom. The maximum Gasteiger partial charge on any atom is 0.254 e. The monoisotopic (exact) mass is 371 g/mol. The molecule has 3 aromatic rings. The van der Waals surface area contributed by atoms with Crippen LogP contribution in [0, 0.1) is 11.8 Å². The molecular formula is C18H18ClN5O2. The van der Waals surface area contributed by atoms with Gasteiger partial charge in [0.25, 0.3) is 5.91 Å². The first-order chi connectivity index (χ1) is 12.4. The van der Waals surface area contributed by atoms with Crippen LogP contribution in [0.4, 0.5) is 0 Å². The van der Waals surface area contributed by atoms with Gasteiger partial charge in [-0.1, -0.05) is 11.6 Å². The number of carbonyl (C=O) groups is 1. The summed E-state index contributed by atoms with van der Waals surface area (Å²) >= 11 is 6.21. The van der Waals surface area contributed by atoms with Crippen LogP contribution in [-0.2, 0) is 12.6 Å². The summed E-state index contributed by atoms with van der Waals surface area (Å²) in [5, 5.41) is 26.8. The van der Waals surface area contributed by atoms with E-state index in [0.717, 1.165) is 16.5 Å². The highest BCUT2D eigenvalue weighted by molar-refractivity contribution is 6.31. The minimum Gasteiger partial charge on any atom is -0.385 e. The Hall–Kier alpha value is -2.38. The maximum atomic E-state index is 12.3. The number of fused-ring (bicyclic) bond motifs is 2. The van der Waals surface area contributed by atoms with Crippen molar-refractivity contribution in [2.24, 2.45) is 18.9 Å². The first kappa shape index (κ1) is 15.8. The molecule has 8 heteroatoms. The molecule has 0 spiro atoms. The fraction of sp³-hybridized carbons (Fsp3) is 0.389. The van der Waals surface area contributed by atoms with Gasteiger partial charge in [-0.05, 0) is 42.4 Å². The van der Waals surface area contributed by atoms with Gasteiger partial charge in [0.15, 0.2) is 0 Å². The molecule has 2 aliphatic carbocycles. The fourth-order valence-corrected chi connectivity index (χ4v) is 4.69. The molecule has 2 aromatic heterocycles. The highest BCUT2D eigenvalue weighted by Gasteiger charge is 2.62. The summed E-state index contributed by atoms with van der Waals surface area (Å²) in [5.41, 5.74) is 1.27. The van der Waals surface area contributed by atoms with Crippen LogP contribution in [0.5, 0.6) is 0 Å². The summed E-state index contributed by atoms with van der Waals surface area (Å²) in [6.07, 6.45) is 6.20. The Bertz CT molecular complexity index is 1010. The highest BCUT2D eigenvalue weighted by Crippen LogP contribution is 2.60. The van der Waals surface area contributed by atoms with Crippen molar-refractivity contribution in [3.63, 3.8) is 0 Å². The van der Waals surface area contributed by atoms with Gasteiger partial charge >= 0.3 is 0 Å². The first-order valence-electron chi connectivity index (χ1n) is 8.60. The lowest BCUT2D eigenvalue weighted by Crippen LogP contribution is -2.33. The summed E-state index contributed by atoms with van der Waals surface area (Å²) in [6, 6.07) is 3.75. The van der Waals surface area contributed by atoms with Crippen LogP contribution >= 0.6 is 11.6 Å². The number of H-pyrrole nitrogens is 1. The van der Waals surface area contributed by atoms with Gasteiger partial charge in [-0.2, -0.15) is 10.2 Å². The molecule has 134 valence electrons. The number of aromatic amines is 1. The van der Waals surface area contributed by atoms with Crippen molar-refractivity contribution >= 4 is 28.4 Å². The maximum absolute atomic E-state index is 12.3. The largest absolute Gasteiger partial charge is 0.385 e. The number of halogens is 1. The van der Waals surface area contributed by atoms with Gasteiger partial charge in [0, 0.05) is 29.7 Å². The average molecular weight is 372 g/mol. The van der Waals surface area contributed by atoms with Crippen LogP contribution in [0.1, 0.15) is 28.8 Å². The van der Waals surface area contributed by atoms with Crippen LogP contribution in [-0.4, -0.2) is 37.0 Å². The Balaban J connectivity index is 1.33. The zero-order valence-corrected chi connectivity index (χ0v) is 14.9. The summed E-state index contributed by atoms with van der Waals surface area (Å²) in [4.78, 5) is 12.3. The molecule has 1 amide bonds. The molecule has 5 rings (SSSR count). The predicted octanol–water partition coefficient (Wildman–Crippen LogP) is 1.98. The number of nitrogens with one attached hydrogen (secondary N) is 2. The van der Waals surface area contributed by atoms with Crippen LogP contribution in [0.3, 0.4) is 0 Å². The van der Waals surface area contributed by atoms with Gasteiger partial charge in [-0.15, -0.1) is 0 Å². The van der Waals surface area contributed by atoms with E-state index in [0.29, 0.717) is 23.4 Å². The minimum atomic E-state index is -0.933. The number of hydrogen-bond acceptors (Lipinski definition) is 4. The van der Waals surface area contributed by atoms with Crippen LogP contribution < -0.4 is 5.32 Å². The minimum absolute atomic E-state index is 0.110. The van der Waals surface area contributed by atoms with Crippen molar-refractivity contribution in [3.8, 4) is 0 Å². The van der Waals surface area contributed by atoms with Crippen molar-refractivity contribution in [2.45, 2.75) is 24.5 Å². The lowest BCUT2D eigenvalue weighted by atomic mass is 9.86. The normalized spacial score (nSPS) is 29.7. The van der Waals surface area contributed by atoms with E-state index in [1.807, 2.05) is 12.1 Å². The number of aliphatic hydroxyl groups is 1. The molecule has 0 saturated heterocycles. The Labute approximate surface area is 154 Å². The molecule has 0 aliphatic heterocycles. The average Bonchev–Trinajstić information content (AvgIpc) is 3.06. The SMILES string of the molecule is Cn1cc(C(=O)N[C@H]2[C@@H]3C[C@](O)(c4cc(Cl)cc5[nH]ncc45)C[C@@H]32)cn1. The second-order valence-corrected chi connectivity index (χ2v) is 7.89. The summed E-state index contributed by atoms with van der Waals surface area (Å²) in [5.74, 6) is 0.448. The van der Waals surface area contributed by atoms with Crippen LogP contribution in [0.2, 0.25) is 5.02 Å². The molecule has 3 N–H and O–H groups in total. The van der Waals surface area contributed by atoms with E-state index in [2.05, 4.69) is 20.6 Å². The Morgan fingerprint density at radius 3 is 2.85 bits per heavy atom. The fourth-order valence-electron chi connectivity index (χ4n) is 4.47. The molecule has 2 aliphatic rings. The van der Waals surface area contributed by atoms with Gasteiger partial charge < -0.3 is 10.4 Å². The molecular weight excluding hydrogens is 354 g/mol. The second kappa shape index (κ2) is 5.31. The number of rotatable bonds is 3. The van der Waals surface area contributed by atoms with E-state index < -0.39 is 5.60 Å². The highest BCUT2D eigenvalue weighted by atomic mass is 35.5. The topological polar surface area (TPSA) is 95.8 Å². The van der Waals surface area contributed by atoms with Crippen molar-refractivity contribution in [1.82, 2.24) is 25.3 Å². The summed E-state index contributed by atoms with van der Waals surface area (Å²) < 4.78 is 1.61. The third-order valence-corrected chi connectivity index (χ3v) is 5.99. The second-order valence-electron chi connectivity index (χ2n) is 7.45. The Kier molecular flexibility index (Phi) is 3.24. The molecule has 2 saturated carbocycles. The number of benzene rings is 1. The summed E-state index contributed by atoms with van der Waals surface area (Å²) in [6.45, 7) is 0. The molecule has 7 nitrogen and oxygen atoms in total. The molecule has 1 aromatic carbocycles. The number of hydrogen-bond donors (Lipinski definition) is 3. The van der Waals surface area contributed by atoms with E-state index in [1.54, 1.807) is 30.3 Å². The van der Waals surface area contributed by atoms with E-state index in [-0.39, 0.29) is 23.8 Å². The van der Waals surface area contributed by atoms with Crippen molar-refractivity contribution < 1.29 is 9.90 Å². The van der Waals surface area contributed by atoms with Crippen LogP contribution in [0.25, 0.3) is 10.9 Å². The number of amides is 1. The molecule has 26 heavy (non-hydrogen) atoms. The molecule has 2 fully saturated rings. The molecule has 4 atom stereocenters. The number of carbonyl (C=O) groups excluding carboxylic acids is 1. The smallest absolute Gasteiger partial charge is 0.254 e. The molecule has 2 heterocycles.